The van der Waals surface area contributed by atoms with Crippen LogP contribution in [0.4, 0.5) is 8.78 Å². The Morgan fingerprint density at radius 3 is 2.39 bits per heavy atom. The molecule has 0 amide bonds. The fraction of sp³-hybridized carbons (Fsp3) is 0. The summed E-state index contributed by atoms with van der Waals surface area (Å²) in [5.74, 6) is -3.12. The number of hydrogen-bond acceptors (Lipinski definition) is 2. The average Bonchev–Trinajstić information content (AvgIpc) is 2.31. The molecule has 0 aromatic heterocycles. The molecule has 0 atom stereocenters. The predicted molar refractivity (Wildman–Crippen MR) is 60.4 cm³/mol. The Hall–Kier alpha value is -2.43. The van der Waals surface area contributed by atoms with Crippen molar-refractivity contribution in [1.29, 1.82) is 0 Å². The highest BCUT2D eigenvalue weighted by molar-refractivity contribution is 5.89. The highest BCUT2D eigenvalue weighted by Crippen LogP contribution is 2.30. The van der Waals surface area contributed by atoms with Gasteiger partial charge in [-0.05, 0) is 35.9 Å². The van der Waals surface area contributed by atoms with Crippen LogP contribution in [0.25, 0.3) is 11.1 Å². The number of rotatable bonds is 2. The maximum Gasteiger partial charge on any atom is 0.338 e. The first-order chi connectivity index (χ1) is 8.49. The maximum atomic E-state index is 13.5. The van der Waals surface area contributed by atoms with Crippen LogP contribution in [0.5, 0.6) is 5.75 Å². The van der Waals surface area contributed by atoms with Gasteiger partial charge in [0.25, 0.3) is 0 Å². The van der Waals surface area contributed by atoms with Crippen LogP contribution in [-0.4, -0.2) is 16.2 Å². The normalized spacial score (nSPS) is 10.3. The van der Waals surface area contributed by atoms with Crippen molar-refractivity contribution in [3.05, 3.63) is 53.6 Å². The zero-order valence-corrected chi connectivity index (χ0v) is 9.02. The summed E-state index contributed by atoms with van der Waals surface area (Å²) < 4.78 is 26.5. The Morgan fingerprint density at radius 2 is 1.78 bits per heavy atom. The van der Waals surface area contributed by atoms with E-state index in [0.717, 1.165) is 30.3 Å². The summed E-state index contributed by atoms with van der Waals surface area (Å²) in [5.41, 5.74) is -0.171. The Morgan fingerprint density at radius 1 is 1.06 bits per heavy atom. The summed E-state index contributed by atoms with van der Waals surface area (Å²) in [5, 5.41) is 18.2. The van der Waals surface area contributed by atoms with Crippen LogP contribution in [0.1, 0.15) is 10.4 Å². The molecule has 92 valence electrons. The van der Waals surface area contributed by atoms with Gasteiger partial charge in [0.05, 0.1) is 5.56 Å². The Bertz CT molecular complexity index is 624. The van der Waals surface area contributed by atoms with Gasteiger partial charge in [-0.15, -0.1) is 0 Å². The Labute approximate surface area is 101 Å². The smallest absolute Gasteiger partial charge is 0.338 e. The largest absolute Gasteiger partial charge is 0.507 e. The molecule has 0 unspecified atom stereocenters. The lowest BCUT2D eigenvalue weighted by molar-refractivity contribution is 0.0692. The number of hydrogen-bond donors (Lipinski definition) is 2. The first-order valence-electron chi connectivity index (χ1n) is 5.01. The lowest BCUT2D eigenvalue weighted by atomic mass is 10.0. The van der Waals surface area contributed by atoms with Gasteiger partial charge in [-0.1, -0.05) is 6.07 Å². The average molecular weight is 250 g/mol. The van der Waals surface area contributed by atoms with Crippen molar-refractivity contribution in [3.8, 4) is 16.9 Å². The standard InChI is InChI=1S/C13H8F2O3/c14-8-2-4-12(16)10(6-8)7-1-3-9(13(17)18)11(15)5-7/h1-6,16H,(H,17,18). The third kappa shape index (κ3) is 2.15. The van der Waals surface area contributed by atoms with E-state index in [1.54, 1.807) is 0 Å². The zero-order valence-electron chi connectivity index (χ0n) is 9.02. The first kappa shape index (κ1) is 12.0. The molecular weight excluding hydrogens is 242 g/mol. The number of carboxylic acids is 1. The van der Waals surface area contributed by atoms with E-state index in [4.69, 9.17) is 5.11 Å². The van der Waals surface area contributed by atoms with Crippen LogP contribution in [0.3, 0.4) is 0 Å². The topological polar surface area (TPSA) is 57.5 Å². The van der Waals surface area contributed by atoms with Gasteiger partial charge in [-0.25, -0.2) is 13.6 Å². The quantitative estimate of drug-likeness (QED) is 0.861. The molecule has 0 fully saturated rings. The molecule has 2 rings (SSSR count). The van der Waals surface area contributed by atoms with Gasteiger partial charge in [0.1, 0.15) is 17.4 Å². The molecule has 2 N–H and O–H groups in total. The van der Waals surface area contributed by atoms with Crippen molar-refractivity contribution in [2.45, 2.75) is 0 Å². The number of aromatic carboxylic acids is 1. The summed E-state index contributed by atoms with van der Waals surface area (Å²) in [6.07, 6.45) is 0. The summed E-state index contributed by atoms with van der Waals surface area (Å²) in [6.45, 7) is 0. The molecule has 2 aromatic rings. The van der Waals surface area contributed by atoms with E-state index < -0.39 is 23.2 Å². The molecule has 0 spiro atoms. The van der Waals surface area contributed by atoms with Crippen LogP contribution >= 0.6 is 0 Å². The summed E-state index contributed by atoms with van der Waals surface area (Å²) in [4.78, 5) is 10.6. The fourth-order valence-corrected chi connectivity index (χ4v) is 1.60. The predicted octanol–water partition coefficient (Wildman–Crippen LogP) is 3.04. The molecule has 0 heterocycles. The number of aromatic hydroxyl groups is 1. The van der Waals surface area contributed by atoms with Crippen molar-refractivity contribution in [3.63, 3.8) is 0 Å². The third-order valence-electron chi connectivity index (χ3n) is 2.47. The Balaban J connectivity index is 2.55. The second-order valence-electron chi connectivity index (χ2n) is 3.66. The molecule has 0 bridgehead atoms. The summed E-state index contributed by atoms with van der Waals surface area (Å²) in [7, 11) is 0. The lowest BCUT2D eigenvalue weighted by Crippen LogP contribution is -2.00. The van der Waals surface area contributed by atoms with E-state index in [9.17, 15) is 18.7 Å². The number of carboxylic acid groups (broad SMARTS) is 1. The van der Waals surface area contributed by atoms with Gasteiger partial charge in [-0.3, -0.25) is 0 Å². The van der Waals surface area contributed by atoms with Gasteiger partial charge in [-0.2, -0.15) is 0 Å². The second-order valence-corrected chi connectivity index (χ2v) is 3.66. The van der Waals surface area contributed by atoms with E-state index in [1.807, 2.05) is 0 Å². The van der Waals surface area contributed by atoms with Crippen LogP contribution in [0.2, 0.25) is 0 Å². The highest BCUT2D eigenvalue weighted by Gasteiger charge is 2.13. The van der Waals surface area contributed by atoms with Crippen molar-refractivity contribution in [2.24, 2.45) is 0 Å². The minimum atomic E-state index is -1.39. The van der Waals surface area contributed by atoms with Gasteiger partial charge in [0.2, 0.25) is 0 Å². The molecule has 18 heavy (non-hydrogen) atoms. The molecule has 0 aliphatic heterocycles. The number of halogens is 2. The van der Waals surface area contributed by atoms with Gasteiger partial charge < -0.3 is 10.2 Å². The number of phenolic OH excluding ortho intramolecular Hbond substituents is 1. The van der Waals surface area contributed by atoms with Crippen LogP contribution < -0.4 is 0 Å². The number of carbonyl (C=O) groups is 1. The van der Waals surface area contributed by atoms with Gasteiger partial charge >= 0.3 is 5.97 Å². The van der Waals surface area contributed by atoms with Crippen molar-refractivity contribution in [2.75, 3.05) is 0 Å². The molecule has 0 radical (unpaired) electrons. The molecule has 0 saturated carbocycles. The number of phenols is 1. The minimum Gasteiger partial charge on any atom is -0.507 e. The number of benzene rings is 2. The lowest BCUT2D eigenvalue weighted by Gasteiger charge is -2.06. The minimum absolute atomic E-state index is 0.103. The van der Waals surface area contributed by atoms with E-state index in [0.29, 0.717) is 0 Å². The van der Waals surface area contributed by atoms with E-state index >= 15 is 0 Å². The molecular formula is C13H8F2O3. The molecule has 3 nitrogen and oxygen atoms in total. The molecule has 0 aliphatic rings. The summed E-state index contributed by atoms with van der Waals surface area (Å²) in [6, 6.07) is 6.58. The highest BCUT2D eigenvalue weighted by atomic mass is 19.1. The van der Waals surface area contributed by atoms with E-state index in [2.05, 4.69) is 0 Å². The van der Waals surface area contributed by atoms with E-state index in [1.165, 1.54) is 6.07 Å². The molecule has 5 heteroatoms. The van der Waals surface area contributed by atoms with Gasteiger partial charge in [0.15, 0.2) is 0 Å². The molecule has 2 aromatic carbocycles. The van der Waals surface area contributed by atoms with Gasteiger partial charge in [0, 0.05) is 5.56 Å². The van der Waals surface area contributed by atoms with Crippen LogP contribution in [0, 0.1) is 11.6 Å². The monoisotopic (exact) mass is 250 g/mol. The molecule has 0 saturated heterocycles. The SMILES string of the molecule is O=C(O)c1ccc(-c2cc(F)ccc2O)cc1F. The van der Waals surface area contributed by atoms with E-state index in [-0.39, 0.29) is 16.9 Å². The van der Waals surface area contributed by atoms with Crippen molar-refractivity contribution in [1.82, 2.24) is 0 Å². The zero-order chi connectivity index (χ0) is 13.3. The fourth-order valence-electron chi connectivity index (χ4n) is 1.60. The van der Waals surface area contributed by atoms with Crippen LogP contribution in [-0.2, 0) is 0 Å². The Kier molecular flexibility index (Phi) is 2.97. The first-order valence-corrected chi connectivity index (χ1v) is 5.01. The summed E-state index contributed by atoms with van der Waals surface area (Å²) >= 11 is 0. The van der Waals surface area contributed by atoms with Crippen LogP contribution in [0.15, 0.2) is 36.4 Å². The second kappa shape index (κ2) is 4.44. The maximum absolute atomic E-state index is 13.5. The van der Waals surface area contributed by atoms with Crippen molar-refractivity contribution >= 4 is 5.97 Å². The third-order valence-corrected chi connectivity index (χ3v) is 2.47. The molecule has 0 aliphatic carbocycles. The van der Waals surface area contributed by atoms with Crippen molar-refractivity contribution < 1.29 is 23.8 Å².